The maximum Gasteiger partial charge on any atom is 0.268 e. The number of amides is 1. The van der Waals surface area contributed by atoms with Gasteiger partial charge in [-0.25, -0.2) is 4.98 Å². The molecule has 1 aliphatic rings. The van der Waals surface area contributed by atoms with Crippen molar-refractivity contribution in [1.29, 1.82) is 5.26 Å². The van der Waals surface area contributed by atoms with E-state index in [9.17, 15) is 10.1 Å². The van der Waals surface area contributed by atoms with Gasteiger partial charge in [-0.3, -0.25) is 10.1 Å². The van der Waals surface area contributed by atoms with E-state index in [1.807, 2.05) is 31.2 Å². The number of aryl methyl sites for hydroxylation is 1. The molecule has 0 aliphatic carbocycles. The molecule has 2 heterocycles. The number of fused-ring (bicyclic) bond motifs is 1. The first kappa shape index (κ1) is 19.5. The number of rotatable bonds is 6. The molecule has 30 heavy (non-hydrogen) atoms. The number of nitriles is 1. The van der Waals surface area contributed by atoms with Crippen LogP contribution < -0.4 is 19.5 Å². The molecule has 0 saturated carbocycles. The highest BCUT2D eigenvalue weighted by Gasteiger charge is 2.14. The van der Waals surface area contributed by atoms with Crippen LogP contribution in [0.1, 0.15) is 16.0 Å². The third kappa shape index (κ3) is 4.59. The van der Waals surface area contributed by atoms with Gasteiger partial charge in [-0.15, -0.1) is 11.3 Å². The number of hydrogen-bond donors (Lipinski definition) is 1. The number of carbonyl (C=O) groups is 1. The van der Waals surface area contributed by atoms with Crippen LogP contribution in [-0.4, -0.2) is 17.7 Å². The summed E-state index contributed by atoms with van der Waals surface area (Å²) in [5.41, 5.74) is 1.67. The Morgan fingerprint density at radius 2 is 2.07 bits per heavy atom. The van der Waals surface area contributed by atoms with Crippen LogP contribution in [0.4, 0.5) is 5.13 Å². The molecule has 150 valence electrons. The number of ether oxygens (including phenoxy) is 3. The fraction of sp³-hybridized carbons (Fsp3) is 0.136. The summed E-state index contributed by atoms with van der Waals surface area (Å²) >= 11 is 1.35. The number of anilines is 1. The van der Waals surface area contributed by atoms with E-state index in [2.05, 4.69) is 10.3 Å². The second-order valence-corrected chi connectivity index (χ2v) is 7.68. The molecule has 0 saturated heterocycles. The van der Waals surface area contributed by atoms with Crippen molar-refractivity contribution in [2.24, 2.45) is 0 Å². The van der Waals surface area contributed by atoms with Crippen molar-refractivity contribution < 1.29 is 19.0 Å². The first-order valence-electron chi connectivity index (χ1n) is 9.08. The van der Waals surface area contributed by atoms with Gasteiger partial charge in [0, 0.05) is 11.1 Å². The molecule has 0 spiro atoms. The largest absolute Gasteiger partial charge is 0.489 e. The van der Waals surface area contributed by atoms with Crippen LogP contribution in [0, 0.1) is 18.3 Å². The molecule has 1 aliphatic heterocycles. The van der Waals surface area contributed by atoms with Gasteiger partial charge in [0.15, 0.2) is 16.6 Å². The Kier molecular flexibility index (Phi) is 5.63. The molecule has 0 atom stereocenters. The molecule has 0 radical (unpaired) electrons. The van der Waals surface area contributed by atoms with E-state index in [0.29, 0.717) is 28.8 Å². The van der Waals surface area contributed by atoms with E-state index in [4.69, 9.17) is 14.2 Å². The smallest absolute Gasteiger partial charge is 0.268 e. The molecule has 1 amide bonds. The number of hydrogen-bond acceptors (Lipinski definition) is 7. The lowest BCUT2D eigenvalue weighted by Gasteiger charge is -2.07. The molecule has 0 fully saturated rings. The Morgan fingerprint density at radius 3 is 2.80 bits per heavy atom. The van der Waals surface area contributed by atoms with Gasteiger partial charge >= 0.3 is 0 Å². The van der Waals surface area contributed by atoms with Gasteiger partial charge in [0.25, 0.3) is 5.91 Å². The first-order valence-corrected chi connectivity index (χ1v) is 9.89. The van der Waals surface area contributed by atoms with Crippen LogP contribution in [-0.2, 0) is 11.4 Å². The number of nitrogens with one attached hydrogen (secondary N) is 1. The van der Waals surface area contributed by atoms with E-state index in [-0.39, 0.29) is 12.4 Å². The third-order valence-corrected chi connectivity index (χ3v) is 5.07. The van der Waals surface area contributed by atoms with Crippen LogP contribution in [0.5, 0.6) is 17.2 Å². The van der Waals surface area contributed by atoms with Gasteiger partial charge in [-0.05, 0) is 48.4 Å². The van der Waals surface area contributed by atoms with Crippen molar-refractivity contribution in [2.45, 2.75) is 13.5 Å². The molecule has 0 bridgehead atoms. The lowest BCUT2D eigenvalue weighted by molar-refractivity contribution is -0.112. The molecule has 3 aromatic rings. The van der Waals surface area contributed by atoms with Crippen LogP contribution in [0.3, 0.4) is 0 Å². The normalized spacial score (nSPS) is 12.3. The highest BCUT2D eigenvalue weighted by atomic mass is 32.1. The molecule has 8 heteroatoms. The summed E-state index contributed by atoms with van der Waals surface area (Å²) in [6, 6.07) is 14.7. The minimum Gasteiger partial charge on any atom is -0.489 e. The Hall–Kier alpha value is -3.83. The van der Waals surface area contributed by atoms with Gasteiger partial charge in [0.1, 0.15) is 24.0 Å². The minimum absolute atomic E-state index is 0.00289. The lowest BCUT2D eigenvalue weighted by Crippen LogP contribution is -2.13. The summed E-state index contributed by atoms with van der Waals surface area (Å²) in [5, 5.41) is 12.4. The molecular weight excluding hydrogens is 402 g/mol. The second kappa shape index (κ2) is 8.68. The number of aromatic nitrogens is 1. The summed E-state index contributed by atoms with van der Waals surface area (Å²) in [7, 11) is 0. The number of thiazole rings is 1. The van der Waals surface area contributed by atoms with Crippen molar-refractivity contribution in [3.05, 3.63) is 70.2 Å². The average Bonchev–Trinajstić information content (AvgIpc) is 3.39. The molecule has 2 aromatic carbocycles. The van der Waals surface area contributed by atoms with Gasteiger partial charge in [-0.2, -0.15) is 5.26 Å². The summed E-state index contributed by atoms with van der Waals surface area (Å²) in [5.74, 6) is 1.63. The predicted molar refractivity (Wildman–Crippen MR) is 112 cm³/mol. The van der Waals surface area contributed by atoms with Gasteiger partial charge in [-0.1, -0.05) is 18.2 Å². The Balaban J connectivity index is 1.38. The fourth-order valence-corrected chi connectivity index (χ4v) is 3.41. The molecule has 4 rings (SSSR count). The zero-order valence-corrected chi connectivity index (χ0v) is 16.9. The van der Waals surface area contributed by atoms with Gasteiger partial charge in [0.2, 0.25) is 6.79 Å². The summed E-state index contributed by atoms with van der Waals surface area (Å²) in [4.78, 5) is 17.3. The van der Waals surface area contributed by atoms with E-state index in [0.717, 1.165) is 16.2 Å². The number of carbonyl (C=O) groups excluding carboxylic acids is 1. The monoisotopic (exact) mass is 419 g/mol. The summed E-state index contributed by atoms with van der Waals surface area (Å²) < 4.78 is 16.5. The number of nitrogens with zero attached hydrogens (tertiary/aromatic N) is 2. The maximum atomic E-state index is 12.3. The molecule has 7 nitrogen and oxygen atoms in total. The zero-order valence-electron chi connectivity index (χ0n) is 16.0. The van der Waals surface area contributed by atoms with Crippen LogP contribution in [0.15, 0.2) is 54.2 Å². The first-order chi connectivity index (χ1) is 14.6. The molecular formula is C22H17N3O4S. The molecule has 0 unspecified atom stereocenters. The zero-order chi connectivity index (χ0) is 20.9. The highest BCUT2D eigenvalue weighted by Crippen LogP contribution is 2.32. The predicted octanol–water partition coefficient (Wildman–Crippen LogP) is 4.30. The van der Waals surface area contributed by atoms with Gasteiger partial charge in [0.05, 0.1) is 0 Å². The van der Waals surface area contributed by atoms with Crippen molar-refractivity contribution >= 4 is 28.5 Å². The van der Waals surface area contributed by atoms with Crippen molar-refractivity contribution in [3.8, 4) is 23.3 Å². The third-order valence-electron chi connectivity index (χ3n) is 4.24. The fourth-order valence-electron chi connectivity index (χ4n) is 2.75. The highest BCUT2D eigenvalue weighted by molar-refractivity contribution is 7.15. The Morgan fingerprint density at radius 1 is 1.27 bits per heavy atom. The van der Waals surface area contributed by atoms with Crippen LogP contribution >= 0.6 is 11.3 Å². The maximum absolute atomic E-state index is 12.3. The minimum atomic E-state index is -0.491. The average molecular weight is 419 g/mol. The lowest BCUT2D eigenvalue weighted by atomic mass is 10.1. The quantitative estimate of drug-likeness (QED) is 0.473. The topological polar surface area (TPSA) is 93.5 Å². The summed E-state index contributed by atoms with van der Waals surface area (Å²) in [6.07, 6.45) is 3.19. The van der Waals surface area contributed by atoms with Crippen LogP contribution in [0.2, 0.25) is 0 Å². The SMILES string of the molecule is Cc1cnc(NC(=O)/C(C#N)=C\c2ccc(OCc3ccc4c(c3)OCO4)cc2)s1. The second-order valence-electron chi connectivity index (χ2n) is 6.45. The number of benzene rings is 2. The Bertz CT molecular complexity index is 1150. The van der Waals surface area contributed by atoms with E-state index in [1.54, 1.807) is 30.5 Å². The van der Waals surface area contributed by atoms with E-state index >= 15 is 0 Å². The van der Waals surface area contributed by atoms with Gasteiger partial charge < -0.3 is 14.2 Å². The Labute approximate surface area is 177 Å². The van der Waals surface area contributed by atoms with E-state index < -0.39 is 5.91 Å². The summed E-state index contributed by atoms with van der Waals surface area (Å²) in [6.45, 7) is 2.51. The molecule has 1 N–H and O–H groups in total. The van der Waals surface area contributed by atoms with Crippen molar-refractivity contribution in [3.63, 3.8) is 0 Å². The van der Waals surface area contributed by atoms with Crippen molar-refractivity contribution in [1.82, 2.24) is 4.98 Å². The van der Waals surface area contributed by atoms with Crippen molar-refractivity contribution in [2.75, 3.05) is 12.1 Å². The van der Waals surface area contributed by atoms with Crippen LogP contribution in [0.25, 0.3) is 6.08 Å². The van der Waals surface area contributed by atoms with E-state index in [1.165, 1.54) is 17.4 Å². The standard InChI is InChI=1S/C22H17N3O4S/c1-14-11-24-22(30-14)25-21(26)17(10-23)8-15-2-5-18(6-3-15)27-12-16-4-7-19-20(9-16)29-13-28-19/h2-9,11H,12-13H2,1H3,(H,24,25,26)/b17-8-. The molecule has 1 aromatic heterocycles.